The first-order chi connectivity index (χ1) is 15.7. The summed E-state index contributed by atoms with van der Waals surface area (Å²) >= 11 is 0. The number of aromatic nitrogens is 1. The van der Waals surface area contributed by atoms with Crippen LogP contribution in [0.3, 0.4) is 0 Å². The molecule has 1 aliphatic heterocycles. The average molecular weight is 431 g/mol. The first-order valence-corrected chi connectivity index (χ1v) is 11.7. The summed E-state index contributed by atoms with van der Waals surface area (Å²) in [5, 5.41) is 4.24. The van der Waals surface area contributed by atoms with Crippen LogP contribution in [-0.2, 0) is 0 Å². The fourth-order valence-corrected chi connectivity index (χ4v) is 4.87. The Morgan fingerprint density at radius 3 is 2.31 bits per heavy atom. The number of rotatable bonds is 4. The highest BCUT2D eigenvalue weighted by Gasteiger charge is 2.24. The number of benzene rings is 2. The molecule has 32 heavy (non-hydrogen) atoms. The molecule has 2 heterocycles. The quantitative estimate of drug-likeness (QED) is 0.652. The van der Waals surface area contributed by atoms with E-state index in [0.717, 1.165) is 42.5 Å². The Labute approximate surface area is 188 Å². The van der Waals surface area contributed by atoms with Gasteiger partial charge in [-0.15, -0.1) is 0 Å². The number of piperazine rings is 1. The molecule has 1 aliphatic carbocycles. The Bertz CT molecular complexity index is 1060. The Morgan fingerprint density at radius 2 is 1.59 bits per heavy atom. The summed E-state index contributed by atoms with van der Waals surface area (Å²) in [4.78, 5) is 32.9. The summed E-state index contributed by atoms with van der Waals surface area (Å²) in [6, 6.07) is 18.1. The van der Waals surface area contributed by atoms with Crippen molar-refractivity contribution in [1.82, 2.24) is 15.2 Å². The van der Waals surface area contributed by atoms with Gasteiger partial charge >= 0.3 is 0 Å². The number of hydrogen-bond acceptors (Lipinski definition) is 3. The lowest BCUT2D eigenvalue weighted by Crippen LogP contribution is -2.48. The number of H-pyrrole nitrogens is 1. The maximum atomic E-state index is 12.9. The van der Waals surface area contributed by atoms with Gasteiger partial charge in [0.25, 0.3) is 11.8 Å². The molecule has 6 heteroatoms. The minimum absolute atomic E-state index is 0.0252. The number of nitrogens with zero attached hydrogens (tertiary/aromatic N) is 2. The van der Waals surface area contributed by atoms with Crippen LogP contribution in [0.1, 0.15) is 53.0 Å². The van der Waals surface area contributed by atoms with E-state index < -0.39 is 0 Å². The summed E-state index contributed by atoms with van der Waals surface area (Å²) < 4.78 is 0. The molecule has 0 radical (unpaired) electrons. The van der Waals surface area contributed by atoms with Crippen molar-refractivity contribution in [3.05, 3.63) is 65.9 Å². The van der Waals surface area contributed by atoms with Crippen molar-refractivity contribution in [2.24, 2.45) is 0 Å². The molecule has 1 aromatic heterocycles. The first kappa shape index (κ1) is 20.6. The number of fused-ring (bicyclic) bond motifs is 1. The summed E-state index contributed by atoms with van der Waals surface area (Å²) in [6.45, 7) is 2.91. The smallest absolute Gasteiger partial charge is 0.270 e. The van der Waals surface area contributed by atoms with E-state index in [2.05, 4.69) is 15.2 Å². The zero-order valence-corrected chi connectivity index (χ0v) is 18.3. The molecule has 6 nitrogen and oxygen atoms in total. The number of carbonyl (C=O) groups is 2. The van der Waals surface area contributed by atoms with Crippen LogP contribution in [0.25, 0.3) is 10.9 Å². The predicted molar refractivity (Wildman–Crippen MR) is 127 cm³/mol. The van der Waals surface area contributed by atoms with Crippen molar-refractivity contribution in [3.63, 3.8) is 0 Å². The van der Waals surface area contributed by atoms with Crippen molar-refractivity contribution < 1.29 is 9.59 Å². The lowest BCUT2D eigenvalue weighted by Gasteiger charge is -2.36. The van der Waals surface area contributed by atoms with Gasteiger partial charge in [-0.3, -0.25) is 9.59 Å². The second-order valence-electron chi connectivity index (χ2n) is 8.90. The van der Waals surface area contributed by atoms with Crippen molar-refractivity contribution in [1.29, 1.82) is 0 Å². The van der Waals surface area contributed by atoms with Gasteiger partial charge in [0.05, 0.1) is 0 Å². The molecule has 0 unspecified atom stereocenters. The van der Waals surface area contributed by atoms with Crippen LogP contribution in [0.15, 0.2) is 54.6 Å². The van der Waals surface area contributed by atoms with E-state index in [1.54, 1.807) is 0 Å². The van der Waals surface area contributed by atoms with Gasteiger partial charge in [0.15, 0.2) is 0 Å². The highest BCUT2D eigenvalue weighted by atomic mass is 16.2. The summed E-state index contributed by atoms with van der Waals surface area (Å²) in [6.07, 6.45) is 5.87. The molecule has 5 rings (SSSR count). The number of amides is 2. The zero-order chi connectivity index (χ0) is 21.9. The zero-order valence-electron chi connectivity index (χ0n) is 18.3. The Morgan fingerprint density at radius 1 is 0.875 bits per heavy atom. The lowest BCUT2D eigenvalue weighted by atomic mass is 9.95. The molecular weight excluding hydrogens is 400 g/mol. The van der Waals surface area contributed by atoms with E-state index in [1.807, 2.05) is 59.5 Å². The topological polar surface area (TPSA) is 68.4 Å². The maximum absolute atomic E-state index is 12.9. The lowest BCUT2D eigenvalue weighted by molar-refractivity contribution is 0.0741. The molecule has 2 aliphatic rings. The number of aromatic amines is 1. The third-order valence-electron chi connectivity index (χ3n) is 6.76. The third kappa shape index (κ3) is 4.35. The molecule has 0 bridgehead atoms. The van der Waals surface area contributed by atoms with Crippen molar-refractivity contribution in [2.45, 2.75) is 38.1 Å². The molecule has 0 atom stereocenters. The van der Waals surface area contributed by atoms with E-state index in [0.29, 0.717) is 30.4 Å². The fraction of sp³-hybridized carbons (Fsp3) is 0.385. The highest BCUT2D eigenvalue weighted by molar-refractivity contribution is 5.98. The van der Waals surface area contributed by atoms with Crippen molar-refractivity contribution in [2.75, 3.05) is 31.1 Å². The summed E-state index contributed by atoms with van der Waals surface area (Å²) in [5.74, 6) is 0.0767. The molecule has 2 N–H and O–H groups in total. The van der Waals surface area contributed by atoms with Gasteiger partial charge in [-0.2, -0.15) is 0 Å². The molecule has 2 aromatic carbocycles. The fourth-order valence-electron chi connectivity index (χ4n) is 4.87. The average Bonchev–Trinajstić information content (AvgIpc) is 3.29. The standard InChI is InChI=1S/C26H30N4O2/c31-25(27-21-7-2-1-3-8-21)19-10-12-22(13-11-19)29-14-16-30(17-15-29)26(32)24-18-20-6-4-5-9-23(20)28-24/h4-6,9-13,18,21,28H,1-3,7-8,14-17H2,(H,27,31). The third-order valence-corrected chi connectivity index (χ3v) is 6.76. The molecule has 2 amide bonds. The van der Waals surface area contributed by atoms with E-state index in [1.165, 1.54) is 19.3 Å². The van der Waals surface area contributed by atoms with Gasteiger partial charge in [0.2, 0.25) is 0 Å². The van der Waals surface area contributed by atoms with E-state index in [-0.39, 0.29) is 11.8 Å². The first-order valence-electron chi connectivity index (χ1n) is 11.7. The van der Waals surface area contributed by atoms with E-state index in [4.69, 9.17) is 0 Å². The van der Waals surface area contributed by atoms with Crippen molar-refractivity contribution in [3.8, 4) is 0 Å². The molecule has 3 aromatic rings. The minimum atomic E-state index is 0.0252. The molecule has 166 valence electrons. The normalized spacial score (nSPS) is 17.5. The van der Waals surface area contributed by atoms with Gasteiger partial charge in [0.1, 0.15) is 5.69 Å². The van der Waals surface area contributed by atoms with Crippen LogP contribution in [-0.4, -0.2) is 53.9 Å². The monoisotopic (exact) mass is 430 g/mol. The van der Waals surface area contributed by atoms with Crippen LogP contribution in [0.5, 0.6) is 0 Å². The van der Waals surface area contributed by atoms with E-state index >= 15 is 0 Å². The van der Waals surface area contributed by atoms with Crippen LogP contribution in [0, 0.1) is 0 Å². The predicted octanol–water partition coefficient (Wildman–Crippen LogP) is 4.19. The number of carbonyl (C=O) groups excluding carboxylic acids is 2. The number of anilines is 1. The Balaban J connectivity index is 1.17. The summed E-state index contributed by atoms with van der Waals surface area (Å²) in [7, 11) is 0. The van der Waals surface area contributed by atoms with Gasteiger partial charge < -0.3 is 20.1 Å². The Hall–Kier alpha value is -3.28. The summed E-state index contributed by atoms with van der Waals surface area (Å²) in [5.41, 5.74) is 3.44. The van der Waals surface area contributed by atoms with Crippen LogP contribution >= 0.6 is 0 Å². The number of hydrogen-bond donors (Lipinski definition) is 2. The van der Waals surface area contributed by atoms with Gasteiger partial charge in [-0.05, 0) is 49.2 Å². The van der Waals surface area contributed by atoms with Gasteiger partial charge in [-0.1, -0.05) is 37.5 Å². The van der Waals surface area contributed by atoms with Gasteiger partial charge in [0, 0.05) is 54.4 Å². The van der Waals surface area contributed by atoms with Crippen LogP contribution < -0.4 is 10.2 Å². The number of para-hydroxylation sites is 1. The van der Waals surface area contributed by atoms with Crippen LogP contribution in [0.2, 0.25) is 0 Å². The second-order valence-corrected chi connectivity index (χ2v) is 8.90. The molecule has 1 saturated carbocycles. The molecule has 2 fully saturated rings. The molecule has 0 spiro atoms. The SMILES string of the molecule is O=C(NC1CCCCC1)c1ccc(N2CCN(C(=O)c3cc4ccccc4[nH]3)CC2)cc1. The molecule has 1 saturated heterocycles. The Kier molecular flexibility index (Phi) is 5.84. The maximum Gasteiger partial charge on any atom is 0.270 e. The minimum Gasteiger partial charge on any atom is -0.368 e. The molecular formula is C26H30N4O2. The van der Waals surface area contributed by atoms with Crippen LogP contribution in [0.4, 0.5) is 5.69 Å². The second kappa shape index (κ2) is 9.07. The van der Waals surface area contributed by atoms with Crippen molar-refractivity contribution >= 4 is 28.4 Å². The largest absolute Gasteiger partial charge is 0.368 e. The number of nitrogens with one attached hydrogen (secondary N) is 2. The highest BCUT2D eigenvalue weighted by Crippen LogP contribution is 2.21. The van der Waals surface area contributed by atoms with Gasteiger partial charge in [-0.25, -0.2) is 0 Å². The van der Waals surface area contributed by atoms with E-state index in [9.17, 15) is 9.59 Å².